The molecular weight excluding hydrogens is 332 g/mol. The van der Waals surface area contributed by atoms with Crippen molar-refractivity contribution in [2.45, 2.75) is 38.8 Å². The topological polar surface area (TPSA) is 77.5 Å². The number of carbonyl (C=O) groups is 2. The number of nitrogens with zero attached hydrogens (tertiary/aromatic N) is 1. The Balaban J connectivity index is 2.08. The van der Waals surface area contributed by atoms with Crippen molar-refractivity contribution in [1.82, 2.24) is 10.3 Å². The average Bonchev–Trinajstić information content (AvgIpc) is 2.60. The lowest BCUT2D eigenvalue weighted by Gasteiger charge is -2.22. The van der Waals surface area contributed by atoms with Crippen LogP contribution < -0.4 is 5.32 Å². The van der Waals surface area contributed by atoms with Gasteiger partial charge in [-0.25, -0.2) is 9.59 Å². The number of hydrogen-bond donors (Lipinski definition) is 1. The van der Waals surface area contributed by atoms with Crippen LogP contribution in [0.2, 0.25) is 0 Å². The number of hydrogen-bond acceptors (Lipinski definition) is 5. The quantitative estimate of drug-likeness (QED) is 0.831. The largest absolute Gasteiger partial charge is 0.467 e. The molecule has 1 heterocycles. The predicted octanol–water partition coefficient (Wildman–Crippen LogP) is 3.36. The van der Waals surface area contributed by atoms with Gasteiger partial charge in [-0.2, -0.15) is 0 Å². The van der Waals surface area contributed by atoms with Crippen molar-refractivity contribution in [2.75, 3.05) is 7.11 Å². The molecule has 1 aromatic heterocycles. The maximum Gasteiger partial charge on any atom is 0.408 e. The van der Waals surface area contributed by atoms with Crippen LogP contribution in [0, 0.1) is 0 Å². The number of aromatic nitrogens is 1. The lowest BCUT2D eigenvalue weighted by atomic mass is 10.1. The number of rotatable bonds is 5. The van der Waals surface area contributed by atoms with Gasteiger partial charge in [-0.15, -0.1) is 0 Å². The highest BCUT2D eigenvalue weighted by Gasteiger charge is 2.25. The van der Waals surface area contributed by atoms with E-state index in [0.29, 0.717) is 0 Å². The summed E-state index contributed by atoms with van der Waals surface area (Å²) in [4.78, 5) is 28.4. The van der Waals surface area contributed by atoms with Crippen LogP contribution in [-0.2, 0) is 20.7 Å². The fourth-order valence-corrected chi connectivity index (χ4v) is 2.35. The molecule has 0 aliphatic rings. The van der Waals surface area contributed by atoms with E-state index in [0.717, 1.165) is 16.8 Å². The van der Waals surface area contributed by atoms with Crippen LogP contribution in [0.4, 0.5) is 4.79 Å². The molecule has 0 aliphatic carbocycles. The van der Waals surface area contributed by atoms with Crippen molar-refractivity contribution in [2.24, 2.45) is 0 Å². The van der Waals surface area contributed by atoms with E-state index < -0.39 is 23.7 Å². The van der Waals surface area contributed by atoms with Gasteiger partial charge in [0.2, 0.25) is 0 Å². The first kappa shape index (κ1) is 19.4. The third-order valence-corrected chi connectivity index (χ3v) is 3.51. The van der Waals surface area contributed by atoms with Crippen LogP contribution in [0.5, 0.6) is 0 Å². The Labute approximate surface area is 153 Å². The number of esters is 1. The molecule has 1 atom stereocenters. The molecule has 0 bridgehead atoms. The molecule has 0 aliphatic heterocycles. The second kappa shape index (κ2) is 8.47. The number of ether oxygens (including phenoxy) is 2. The molecule has 0 saturated heterocycles. The summed E-state index contributed by atoms with van der Waals surface area (Å²) in [7, 11) is 1.28. The van der Waals surface area contributed by atoms with Gasteiger partial charge < -0.3 is 14.8 Å². The first-order valence-electron chi connectivity index (χ1n) is 8.36. The third kappa shape index (κ3) is 5.88. The van der Waals surface area contributed by atoms with Gasteiger partial charge in [0.25, 0.3) is 0 Å². The summed E-state index contributed by atoms with van der Waals surface area (Å²) >= 11 is 0. The average molecular weight is 356 g/mol. The SMILES string of the molecule is COC(=O)[C@H](Cc1ccc(-c2ccccc2)nc1)NC(=O)OC(C)(C)C. The van der Waals surface area contributed by atoms with E-state index >= 15 is 0 Å². The molecule has 1 amide bonds. The van der Waals surface area contributed by atoms with E-state index in [9.17, 15) is 9.59 Å². The molecule has 6 nitrogen and oxygen atoms in total. The van der Waals surface area contributed by atoms with Crippen molar-refractivity contribution in [3.8, 4) is 11.3 Å². The summed E-state index contributed by atoms with van der Waals surface area (Å²) in [5, 5.41) is 2.56. The molecule has 0 saturated carbocycles. The van der Waals surface area contributed by atoms with Gasteiger partial charge in [0.1, 0.15) is 11.6 Å². The molecule has 1 N–H and O–H groups in total. The standard InChI is InChI=1S/C20H24N2O4/c1-20(2,3)26-19(24)22-17(18(23)25-4)12-14-10-11-16(21-13-14)15-8-6-5-7-9-15/h5-11,13,17H,12H2,1-4H3,(H,22,24)/t17-/m0/s1. The molecule has 6 heteroatoms. The van der Waals surface area contributed by atoms with E-state index in [4.69, 9.17) is 9.47 Å². The minimum absolute atomic E-state index is 0.258. The zero-order chi connectivity index (χ0) is 19.2. The fraction of sp³-hybridized carbons (Fsp3) is 0.350. The van der Waals surface area contributed by atoms with Crippen molar-refractivity contribution in [1.29, 1.82) is 0 Å². The fourth-order valence-electron chi connectivity index (χ4n) is 2.35. The maximum atomic E-state index is 12.0. The van der Waals surface area contributed by atoms with Gasteiger partial charge in [-0.05, 0) is 32.4 Å². The molecule has 138 valence electrons. The Morgan fingerprint density at radius 1 is 1.12 bits per heavy atom. The van der Waals surface area contributed by atoms with Crippen molar-refractivity contribution in [3.63, 3.8) is 0 Å². The molecule has 26 heavy (non-hydrogen) atoms. The minimum atomic E-state index is -0.848. The molecule has 0 spiro atoms. The van der Waals surface area contributed by atoms with Crippen molar-refractivity contribution >= 4 is 12.1 Å². The Bertz CT molecular complexity index is 737. The second-order valence-corrected chi connectivity index (χ2v) is 6.84. The second-order valence-electron chi connectivity index (χ2n) is 6.84. The van der Waals surface area contributed by atoms with Gasteiger partial charge in [-0.3, -0.25) is 4.98 Å². The summed E-state index contributed by atoms with van der Waals surface area (Å²) in [6, 6.07) is 12.7. The number of nitrogens with one attached hydrogen (secondary N) is 1. The lowest BCUT2D eigenvalue weighted by molar-refractivity contribution is -0.143. The van der Waals surface area contributed by atoms with Gasteiger partial charge in [-0.1, -0.05) is 36.4 Å². The number of benzene rings is 1. The number of alkyl carbamates (subject to hydrolysis) is 1. The van der Waals surface area contributed by atoms with Gasteiger partial charge in [0.15, 0.2) is 0 Å². The highest BCUT2D eigenvalue weighted by molar-refractivity contribution is 5.81. The van der Waals surface area contributed by atoms with E-state index in [-0.39, 0.29) is 6.42 Å². The minimum Gasteiger partial charge on any atom is -0.467 e. The molecule has 0 radical (unpaired) electrons. The zero-order valence-corrected chi connectivity index (χ0v) is 15.5. The van der Waals surface area contributed by atoms with Crippen LogP contribution in [-0.4, -0.2) is 35.8 Å². The normalized spacial score (nSPS) is 12.2. The Hall–Kier alpha value is -2.89. The number of methoxy groups -OCH3 is 1. The molecular formula is C20H24N2O4. The number of carbonyl (C=O) groups excluding carboxylic acids is 2. The smallest absolute Gasteiger partial charge is 0.408 e. The zero-order valence-electron chi connectivity index (χ0n) is 15.5. The Morgan fingerprint density at radius 2 is 1.81 bits per heavy atom. The summed E-state index contributed by atoms with van der Waals surface area (Å²) in [6.45, 7) is 5.27. The number of amides is 1. The van der Waals surface area contributed by atoms with Crippen LogP contribution >= 0.6 is 0 Å². The van der Waals surface area contributed by atoms with Gasteiger partial charge in [0.05, 0.1) is 12.8 Å². The molecule has 1 aromatic carbocycles. The monoisotopic (exact) mass is 356 g/mol. The van der Waals surface area contributed by atoms with Gasteiger partial charge in [0, 0.05) is 18.2 Å². The molecule has 0 fully saturated rings. The predicted molar refractivity (Wildman–Crippen MR) is 98.6 cm³/mol. The molecule has 0 unspecified atom stereocenters. The van der Waals surface area contributed by atoms with Gasteiger partial charge >= 0.3 is 12.1 Å². The van der Waals surface area contributed by atoms with Crippen LogP contribution in [0.15, 0.2) is 48.7 Å². The molecule has 2 aromatic rings. The maximum absolute atomic E-state index is 12.0. The lowest BCUT2D eigenvalue weighted by Crippen LogP contribution is -2.45. The number of pyridine rings is 1. The van der Waals surface area contributed by atoms with E-state index in [1.54, 1.807) is 27.0 Å². The van der Waals surface area contributed by atoms with Crippen LogP contribution in [0.3, 0.4) is 0 Å². The first-order valence-corrected chi connectivity index (χ1v) is 8.36. The van der Waals surface area contributed by atoms with E-state index in [2.05, 4.69) is 10.3 Å². The summed E-state index contributed by atoms with van der Waals surface area (Å²) in [5.41, 5.74) is 2.00. The first-order chi connectivity index (χ1) is 12.3. The highest BCUT2D eigenvalue weighted by Crippen LogP contribution is 2.17. The van der Waals surface area contributed by atoms with Crippen molar-refractivity contribution < 1.29 is 19.1 Å². The Morgan fingerprint density at radius 3 is 2.35 bits per heavy atom. The highest BCUT2D eigenvalue weighted by atomic mass is 16.6. The van der Waals surface area contributed by atoms with Crippen LogP contribution in [0.25, 0.3) is 11.3 Å². The third-order valence-electron chi connectivity index (χ3n) is 3.51. The van der Waals surface area contributed by atoms with Crippen LogP contribution in [0.1, 0.15) is 26.3 Å². The Kier molecular flexibility index (Phi) is 6.33. The summed E-state index contributed by atoms with van der Waals surface area (Å²) < 4.78 is 9.98. The van der Waals surface area contributed by atoms with Crippen molar-refractivity contribution in [3.05, 3.63) is 54.2 Å². The van der Waals surface area contributed by atoms with E-state index in [1.807, 2.05) is 42.5 Å². The molecule has 2 rings (SSSR count). The van der Waals surface area contributed by atoms with E-state index in [1.165, 1.54) is 7.11 Å². The summed E-state index contributed by atoms with van der Waals surface area (Å²) in [6.07, 6.45) is 1.28. The summed E-state index contributed by atoms with van der Waals surface area (Å²) in [5.74, 6) is -0.539.